The van der Waals surface area contributed by atoms with Gasteiger partial charge in [-0.1, -0.05) is 19.9 Å². The molecule has 1 rings (SSSR count). The molecule has 2 nitrogen and oxygen atoms in total. The van der Waals surface area contributed by atoms with Gasteiger partial charge in [-0.15, -0.1) is 6.58 Å². The van der Waals surface area contributed by atoms with Crippen LogP contribution in [0.2, 0.25) is 0 Å². The van der Waals surface area contributed by atoms with E-state index >= 15 is 0 Å². The second kappa shape index (κ2) is 9.75. The van der Waals surface area contributed by atoms with Crippen LogP contribution in [0.5, 0.6) is 0 Å². The number of nitrogens with zero attached hydrogens (tertiary/aromatic N) is 1. The molecule has 0 aliphatic carbocycles. The van der Waals surface area contributed by atoms with Gasteiger partial charge >= 0.3 is 0 Å². The summed E-state index contributed by atoms with van der Waals surface area (Å²) >= 11 is 0. The molecule has 1 saturated heterocycles. The van der Waals surface area contributed by atoms with Crippen molar-refractivity contribution in [2.24, 2.45) is 0 Å². The first-order valence-electron chi connectivity index (χ1n) is 5.26. The molecule has 1 aliphatic heterocycles. The highest BCUT2D eigenvalue weighted by molar-refractivity contribution is 4.60. The van der Waals surface area contributed by atoms with E-state index < -0.39 is 0 Å². The Hall–Kier alpha value is -0.340. The molecular formula is C11H23NO. The van der Waals surface area contributed by atoms with Gasteiger partial charge in [-0.05, 0) is 19.4 Å². The van der Waals surface area contributed by atoms with Gasteiger partial charge in [0.1, 0.15) is 0 Å². The summed E-state index contributed by atoms with van der Waals surface area (Å²) in [7, 11) is 0. The Bertz CT molecular complexity index is 106. The van der Waals surface area contributed by atoms with Crippen molar-refractivity contribution in [1.82, 2.24) is 4.90 Å². The third-order valence-corrected chi connectivity index (χ3v) is 1.93. The van der Waals surface area contributed by atoms with Crippen LogP contribution in [0.25, 0.3) is 0 Å². The van der Waals surface area contributed by atoms with Crippen LogP contribution < -0.4 is 0 Å². The van der Waals surface area contributed by atoms with Crippen LogP contribution in [0.3, 0.4) is 0 Å². The summed E-state index contributed by atoms with van der Waals surface area (Å²) in [6, 6.07) is 0. The minimum absolute atomic E-state index is 0.931. The fraction of sp³-hybridized carbons (Fsp3) is 0.818. The fourth-order valence-corrected chi connectivity index (χ4v) is 1.14. The van der Waals surface area contributed by atoms with Gasteiger partial charge in [0.25, 0.3) is 0 Å². The van der Waals surface area contributed by atoms with Gasteiger partial charge in [-0.3, -0.25) is 4.90 Å². The molecule has 13 heavy (non-hydrogen) atoms. The first-order valence-corrected chi connectivity index (χ1v) is 5.26. The van der Waals surface area contributed by atoms with Crippen molar-refractivity contribution < 1.29 is 4.74 Å². The second-order valence-electron chi connectivity index (χ2n) is 3.15. The standard InChI is InChI=1S/C7H15NO.C4H8/c1-2-3-8-4-6-9-7-5-8;1-3-4-2/h2-7H2,1H3;3H,1,4H2,2H3. The minimum Gasteiger partial charge on any atom is -0.379 e. The van der Waals surface area contributed by atoms with Crippen molar-refractivity contribution in [1.29, 1.82) is 0 Å². The quantitative estimate of drug-likeness (QED) is 0.626. The highest BCUT2D eigenvalue weighted by Gasteiger charge is 2.07. The maximum Gasteiger partial charge on any atom is 0.0594 e. The smallest absolute Gasteiger partial charge is 0.0594 e. The molecule has 1 heterocycles. The summed E-state index contributed by atoms with van der Waals surface area (Å²) in [6.07, 6.45) is 4.22. The zero-order valence-corrected chi connectivity index (χ0v) is 9.09. The molecule has 0 atom stereocenters. The lowest BCUT2D eigenvalue weighted by Crippen LogP contribution is -2.36. The predicted molar refractivity (Wildman–Crippen MR) is 58.0 cm³/mol. The molecule has 78 valence electrons. The van der Waals surface area contributed by atoms with Gasteiger partial charge in [0, 0.05) is 13.1 Å². The minimum atomic E-state index is 0.931. The lowest BCUT2D eigenvalue weighted by molar-refractivity contribution is 0.0380. The molecule has 1 fully saturated rings. The van der Waals surface area contributed by atoms with Crippen LogP contribution >= 0.6 is 0 Å². The van der Waals surface area contributed by atoms with Crippen molar-refractivity contribution >= 4 is 0 Å². The van der Waals surface area contributed by atoms with Crippen LogP contribution in [0, 0.1) is 0 Å². The first-order chi connectivity index (χ1) is 6.35. The van der Waals surface area contributed by atoms with E-state index in [1.807, 2.05) is 6.08 Å². The molecule has 0 bridgehead atoms. The molecule has 1 aliphatic rings. The van der Waals surface area contributed by atoms with Gasteiger partial charge in [0.05, 0.1) is 13.2 Å². The normalized spacial score (nSPS) is 17.4. The molecule has 0 spiro atoms. The van der Waals surface area contributed by atoms with Crippen LogP contribution in [0.4, 0.5) is 0 Å². The molecule has 0 unspecified atom stereocenters. The largest absolute Gasteiger partial charge is 0.379 e. The monoisotopic (exact) mass is 185 g/mol. The van der Waals surface area contributed by atoms with E-state index in [0.29, 0.717) is 0 Å². The fourth-order valence-electron chi connectivity index (χ4n) is 1.14. The molecule has 2 heteroatoms. The highest BCUT2D eigenvalue weighted by Crippen LogP contribution is 1.96. The Morgan fingerprint density at radius 2 is 1.85 bits per heavy atom. The molecular weight excluding hydrogens is 162 g/mol. The van der Waals surface area contributed by atoms with E-state index in [2.05, 4.69) is 25.3 Å². The number of morpholine rings is 1. The van der Waals surface area contributed by atoms with Crippen LogP contribution in [-0.2, 0) is 4.74 Å². The van der Waals surface area contributed by atoms with Crippen molar-refractivity contribution in [3.05, 3.63) is 12.7 Å². The van der Waals surface area contributed by atoms with Crippen LogP contribution in [0.15, 0.2) is 12.7 Å². The maximum absolute atomic E-state index is 5.20. The SMILES string of the molecule is C=CCC.CCCN1CCOCC1. The zero-order valence-electron chi connectivity index (χ0n) is 9.09. The number of hydrogen-bond acceptors (Lipinski definition) is 2. The van der Waals surface area contributed by atoms with E-state index in [-0.39, 0.29) is 0 Å². The van der Waals surface area contributed by atoms with Gasteiger partial charge in [0.15, 0.2) is 0 Å². The summed E-state index contributed by atoms with van der Waals surface area (Å²) in [5, 5.41) is 0. The van der Waals surface area contributed by atoms with Gasteiger partial charge < -0.3 is 4.74 Å². The molecule has 0 saturated carbocycles. The van der Waals surface area contributed by atoms with E-state index in [9.17, 15) is 0 Å². The number of allylic oxidation sites excluding steroid dienone is 1. The zero-order chi connectivity index (χ0) is 9.94. The average molecular weight is 185 g/mol. The van der Waals surface area contributed by atoms with E-state index in [0.717, 1.165) is 32.7 Å². The molecule has 0 aromatic carbocycles. The van der Waals surface area contributed by atoms with Gasteiger partial charge in [0.2, 0.25) is 0 Å². The number of rotatable bonds is 3. The summed E-state index contributed by atoms with van der Waals surface area (Å²) in [5.74, 6) is 0. The molecule has 0 radical (unpaired) electrons. The molecule has 0 aromatic heterocycles. The van der Waals surface area contributed by atoms with Crippen LogP contribution in [0.1, 0.15) is 26.7 Å². The Kier molecular flexibility index (Phi) is 9.49. The lowest BCUT2D eigenvalue weighted by atomic mass is 10.4. The highest BCUT2D eigenvalue weighted by atomic mass is 16.5. The summed E-state index contributed by atoms with van der Waals surface area (Å²) < 4.78 is 5.20. The Morgan fingerprint density at radius 3 is 2.23 bits per heavy atom. The summed E-state index contributed by atoms with van der Waals surface area (Å²) in [4.78, 5) is 2.45. The van der Waals surface area contributed by atoms with E-state index in [1.54, 1.807) is 0 Å². The van der Waals surface area contributed by atoms with Crippen molar-refractivity contribution in [2.45, 2.75) is 26.7 Å². The third kappa shape index (κ3) is 8.00. The van der Waals surface area contributed by atoms with E-state index in [4.69, 9.17) is 4.74 Å². The lowest BCUT2D eigenvalue weighted by Gasteiger charge is -2.25. The third-order valence-electron chi connectivity index (χ3n) is 1.93. The van der Waals surface area contributed by atoms with Crippen LogP contribution in [-0.4, -0.2) is 37.7 Å². The topological polar surface area (TPSA) is 12.5 Å². The summed E-state index contributed by atoms with van der Waals surface area (Å²) in [5.41, 5.74) is 0. The summed E-state index contributed by atoms with van der Waals surface area (Å²) in [6.45, 7) is 13.1. The Balaban J connectivity index is 0.000000310. The molecule has 0 aromatic rings. The van der Waals surface area contributed by atoms with Crippen molar-refractivity contribution in [3.8, 4) is 0 Å². The van der Waals surface area contributed by atoms with Gasteiger partial charge in [-0.2, -0.15) is 0 Å². The number of hydrogen-bond donors (Lipinski definition) is 0. The maximum atomic E-state index is 5.20. The van der Waals surface area contributed by atoms with Crippen molar-refractivity contribution in [3.63, 3.8) is 0 Å². The number of ether oxygens (including phenoxy) is 1. The molecule has 0 amide bonds. The Labute approximate surface area is 82.6 Å². The van der Waals surface area contributed by atoms with Crippen molar-refractivity contribution in [2.75, 3.05) is 32.8 Å². The Morgan fingerprint density at radius 1 is 1.31 bits per heavy atom. The first kappa shape index (κ1) is 12.7. The van der Waals surface area contributed by atoms with E-state index in [1.165, 1.54) is 13.0 Å². The second-order valence-corrected chi connectivity index (χ2v) is 3.15. The predicted octanol–water partition coefficient (Wildman–Crippen LogP) is 2.31. The molecule has 0 N–H and O–H groups in total. The van der Waals surface area contributed by atoms with Gasteiger partial charge in [-0.25, -0.2) is 0 Å². The average Bonchev–Trinajstić information content (AvgIpc) is 2.20.